The highest BCUT2D eigenvalue weighted by molar-refractivity contribution is 5.93. The third kappa shape index (κ3) is 2.69. The van der Waals surface area contributed by atoms with Crippen molar-refractivity contribution in [3.63, 3.8) is 0 Å². The van der Waals surface area contributed by atoms with Gasteiger partial charge in [0.15, 0.2) is 0 Å². The maximum Gasteiger partial charge on any atom is 0.270 e. The lowest BCUT2D eigenvalue weighted by Crippen LogP contribution is -2.31. The van der Waals surface area contributed by atoms with Crippen LogP contribution in [-0.2, 0) is 6.54 Å². The SMILES string of the molecule is O=C(c1cccn1CC(F)F)N1CCC(CO)C1. The summed E-state index contributed by atoms with van der Waals surface area (Å²) in [5, 5.41) is 9.03. The van der Waals surface area contributed by atoms with E-state index in [0.29, 0.717) is 13.1 Å². The molecular weight excluding hydrogens is 242 g/mol. The average molecular weight is 258 g/mol. The molecule has 1 amide bonds. The Morgan fingerprint density at radius 2 is 2.33 bits per heavy atom. The Kier molecular flexibility index (Phi) is 3.96. The summed E-state index contributed by atoms with van der Waals surface area (Å²) in [6.07, 6.45) is -0.232. The third-order valence-corrected chi connectivity index (χ3v) is 3.21. The fourth-order valence-electron chi connectivity index (χ4n) is 2.24. The molecule has 1 unspecified atom stereocenters. The van der Waals surface area contributed by atoms with E-state index in [1.807, 2.05) is 0 Å². The second-order valence-corrected chi connectivity index (χ2v) is 4.53. The van der Waals surface area contributed by atoms with Crippen molar-refractivity contribution in [2.24, 2.45) is 5.92 Å². The van der Waals surface area contributed by atoms with E-state index in [-0.39, 0.29) is 24.1 Å². The second-order valence-electron chi connectivity index (χ2n) is 4.53. The Labute approximate surface area is 104 Å². The van der Waals surface area contributed by atoms with Crippen molar-refractivity contribution in [2.45, 2.75) is 19.4 Å². The Morgan fingerprint density at radius 1 is 1.56 bits per heavy atom. The van der Waals surface area contributed by atoms with E-state index >= 15 is 0 Å². The van der Waals surface area contributed by atoms with Crippen LogP contribution in [0.15, 0.2) is 18.3 Å². The second kappa shape index (κ2) is 5.48. The maximum absolute atomic E-state index is 12.4. The Morgan fingerprint density at radius 3 is 2.94 bits per heavy atom. The van der Waals surface area contributed by atoms with Crippen molar-refractivity contribution in [2.75, 3.05) is 19.7 Å². The van der Waals surface area contributed by atoms with E-state index in [1.165, 1.54) is 10.8 Å². The topological polar surface area (TPSA) is 45.5 Å². The van der Waals surface area contributed by atoms with Crippen molar-refractivity contribution >= 4 is 5.91 Å². The molecule has 1 aromatic rings. The molecule has 4 nitrogen and oxygen atoms in total. The monoisotopic (exact) mass is 258 g/mol. The number of halogens is 2. The van der Waals surface area contributed by atoms with Crippen LogP contribution in [0.4, 0.5) is 8.78 Å². The molecule has 0 aliphatic carbocycles. The molecule has 1 atom stereocenters. The number of hydrogen-bond acceptors (Lipinski definition) is 2. The highest BCUT2D eigenvalue weighted by Gasteiger charge is 2.28. The zero-order chi connectivity index (χ0) is 13.1. The Hall–Kier alpha value is -1.43. The van der Waals surface area contributed by atoms with Crippen LogP contribution in [0.25, 0.3) is 0 Å². The number of likely N-dealkylation sites (tertiary alicyclic amines) is 1. The number of aromatic nitrogens is 1. The van der Waals surface area contributed by atoms with Gasteiger partial charge in [-0.1, -0.05) is 0 Å². The van der Waals surface area contributed by atoms with Crippen LogP contribution in [-0.4, -0.2) is 46.6 Å². The van der Waals surface area contributed by atoms with Crippen molar-refractivity contribution in [3.8, 4) is 0 Å². The minimum atomic E-state index is -2.48. The average Bonchev–Trinajstić information content (AvgIpc) is 2.95. The zero-order valence-electron chi connectivity index (χ0n) is 9.93. The van der Waals surface area contributed by atoms with E-state index in [0.717, 1.165) is 6.42 Å². The molecule has 100 valence electrons. The molecule has 0 spiro atoms. The summed E-state index contributed by atoms with van der Waals surface area (Å²) in [6.45, 7) is 0.659. The fourth-order valence-corrected chi connectivity index (χ4v) is 2.24. The van der Waals surface area contributed by atoms with E-state index in [4.69, 9.17) is 5.11 Å². The number of carbonyl (C=O) groups is 1. The maximum atomic E-state index is 12.4. The molecule has 1 saturated heterocycles. The quantitative estimate of drug-likeness (QED) is 0.882. The molecule has 1 fully saturated rings. The number of aliphatic hydroxyl groups is 1. The normalized spacial score (nSPS) is 19.8. The van der Waals surface area contributed by atoms with Crippen molar-refractivity contribution < 1.29 is 18.7 Å². The number of hydrogen-bond donors (Lipinski definition) is 1. The van der Waals surface area contributed by atoms with Gasteiger partial charge < -0.3 is 14.6 Å². The fraction of sp³-hybridized carbons (Fsp3) is 0.583. The predicted molar refractivity (Wildman–Crippen MR) is 61.5 cm³/mol. The molecule has 6 heteroatoms. The smallest absolute Gasteiger partial charge is 0.270 e. The van der Waals surface area contributed by atoms with Crippen LogP contribution in [0, 0.1) is 5.92 Å². The Balaban J connectivity index is 2.07. The first-order valence-corrected chi connectivity index (χ1v) is 5.95. The first-order valence-electron chi connectivity index (χ1n) is 5.95. The van der Waals surface area contributed by atoms with Gasteiger partial charge in [-0.2, -0.15) is 0 Å². The van der Waals surface area contributed by atoms with Crippen molar-refractivity contribution in [1.82, 2.24) is 9.47 Å². The number of amides is 1. The van der Waals surface area contributed by atoms with Gasteiger partial charge in [0.1, 0.15) is 5.69 Å². The number of nitrogens with zero attached hydrogens (tertiary/aromatic N) is 2. The molecule has 2 heterocycles. The first kappa shape index (κ1) is 13.0. The van der Waals surface area contributed by atoms with Crippen LogP contribution >= 0.6 is 0 Å². The van der Waals surface area contributed by atoms with Gasteiger partial charge in [-0.3, -0.25) is 4.79 Å². The van der Waals surface area contributed by atoms with Crippen molar-refractivity contribution in [3.05, 3.63) is 24.0 Å². The van der Waals surface area contributed by atoms with Gasteiger partial charge in [0.25, 0.3) is 12.3 Å². The molecule has 0 bridgehead atoms. The molecule has 1 aliphatic rings. The lowest BCUT2D eigenvalue weighted by atomic mass is 10.1. The van der Waals surface area contributed by atoms with E-state index in [1.54, 1.807) is 17.0 Å². The number of aliphatic hydroxyl groups excluding tert-OH is 1. The molecule has 1 aliphatic heterocycles. The van der Waals surface area contributed by atoms with Crippen LogP contribution in [0.2, 0.25) is 0 Å². The lowest BCUT2D eigenvalue weighted by Gasteiger charge is -2.17. The van der Waals surface area contributed by atoms with Gasteiger partial charge in [0.2, 0.25) is 0 Å². The molecule has 1 N–H and O–H groups in total. The molecule has 0 saturated carbocycles. The highest BCUT2D eigenvalue weighted by Crippen LogP contribution is 2.18. The van der Waals surface area contributed by atoms with Gasteiger partial charge in [-0.25, -0.2) is 8.78 Å². The summed E-state index contributed by atoms with van der Waals surface area (Å²) < 4.78 is 26.0. The summed E-state index contributed by atoms with van der Waals surface area (Å²) >= 11 is 0. The predicted octanol–water partition coefficient (Wildman–Crippen LogP) is 1.21. The minimum Gasteiger partial charge on any atom is -0.396 e. The van der Waals surface area contributed by atoms with E-state index in [2.05, 4.69) is 0 Å². The summed E-state index contributed by atoms with van der Waals surface area (Å²) in [4.78, 5) is 13.8. The molecule has 1 aromatic heterocycles. The van der Waals surface area contributed by atoms with Crippen LogP contribution in [0.5, 0.6) is 0 Å². The molecule has 0 aromatic carbocycles. The summed E-state index contributed by atoms with van der Waals surface area (Å²) in [7, 11) is 0. The molecular formula is C12H16F2N2O2. The molecule has 0 radical (unpaired) electrons. The largest absolute Gasteiger partial charge is 0.396 e. The summed E-state index contributed by atoms with van der Waals surface area (Å²) in [6, 6.07) is 3.15. The van der Waals surface area contributed by atoms with E-state index < -0.39 is 13.0 Å². The van der Waals surface area contributed by atoms with Crippen LogP contribution < -0.4 is 0 Å². The van der Waals surface area contributed by atoms with Gasteiger partial charge >= 0.3 is 0 Å². The number of alkyl halides is 2. The summed E-state index contributed by atoms with van der Waals surface area (Å²) in [5.41, 5.74) is 0.286. The third-order valence-electron chi connectivity index (χ3n) is 3.21. The van der Waals surface area contributed by atoms with Gasteiger partial charge in [0.05, 0.1) is 6.54 Å². The van der Waals surface area contributed by atoms with Crippen LogP contribution in [0.3, 0.4) is 0 Å². The van der Waals surface area contributed by atoms with Gasteiger partial charge in [0, 0.05) is 31.8 Å². The van der Waals surface area contributed by atoms with Gasteiger partial charge in [-0.05, 0) is 18.6 Å². The number of carbonyl (C=O) groups excluding carboxylic acids is 1. The highest BCUT2D eigenvalue weighted by atomic mass is 19.3. The Bertz CT molecular complexity index is 420. The first-order chi connectivity index (χ1) is 8.61. The molecule has 18 heavy (non-hydrogen) atoms. The van der Waals surface area contributed by atoms with E-state index in [9.17, 15) is 13.6 Å². The molecule has 2 rings (SSSR count). The van der Waals surface area contributed by atoms with Crippen molar-refractivity contribution in [1.29, 1.82) is 0 Å². The zero-order valence-corrected chi connectivity index (χ0v) is 9.93. The standard InChI is InChI=1S/C12H16F2N2O2/c13-11(14)7-15-4-1-2-10(15)12(18)16-5-3-9(6-16)8-17/h1-2,4,9,11,17H,3,5-8H2. The minimum absolute atomic E-state index is 0.0574. The summed E-state index contributed by atoms with van der Waals surface area (Å²) in [5.74, 6) is -0.135. The lowest BCUT2D eigenvalue weighted by molar-refractivity contribution is 0.0761. The van der Waals surface area contributed by atoms with Gasteiger partial charge in [-0.15, -0.1) is 0 Å². The number of rotatable bonds is 4. The van der Waals surface area contributed by atoms with Crippen LogP contribution in [0.1, 0.15) is 16.9 Å².